The van der Waals surface area contributed by atoms with E-state index in [9.17, 15) is 14.4 Å². The number of amides is 2. The van der Waals surface area contributed by atoms with E-state index < -0.39 is 18.0 Å². The standard InChI is InChI=1S/C27H32N2O6/c1-17(12-25(30)29-14-19-13-18(15-34-19)26(31)32)10-11-28-27(33)35-16-24-22-8-4-2-6-20(22)21-7-3-5-9-23(21)24/h2-9,17-19,24H,10-16H2,1H3,(H,28,33)(H,29,30)(H,31,32)/t17?,18-,19-/m1/s1. The SMILES string of the molecule is CC(CCNC(=O)OCC1c2ccccc2-c2ccccc21)CC(=O)NC[C@H]1C[C@@H](C(=O)O)CO1. The summed E-state index contributed by atoms with van der Waals surface area (Å²) in [6.07, 6.45) is 0.649. The Balaban J connectivity index is 1.14. The van der Waals surface area contributed by atoms with Crippen molar-refractivity contribution in [3.63, 3.8) is 0 Å². The summed E-state index contributed by atoms with van der Waals surface area (Å²) in [5, 5.41) is 14.6. The van der Waals surface area contributed by atoms with Crippen molar-refractivity contribution >= 4 is 18.0 Å². The van der Waals surface area contributed by atoms with E-state index in [4.69, 9.17) is 14.6 Å². The molecule has 8 heteroatoms. The molecule has 4 rings (SSSR count). The van der Waals surface area contributed by atoms with Gasteiger partial charge in [0.05, 0.1) is 18.6 Å². The molecule has 0 spiro atoms. The number of alkyl carbamates (subject to hydrolysis) is 1. The second-order valence-corrected chi connectivity index (χ2v) is 9.38. The molecular weight excluding hydrogens is 448 g/mol. The molecule has 3 N–H and O–H groups in total. The quantitative estimate of drug-likeness (QED) is 0.479. The molecule has 1 fully saturated rings. The predicted molar refractivity (Wildman–Crippen MR) is 130 cm³/mol. The molecule has 0 aromatic heterocycles. The van der Waals surface area contributed by atoms with Gasteiger partial charge in [-0.15, -0.1) is 0 Å². The fraction of sp³-hybridized carbons (Fsp3) is 0.444. The molecule has 2 amide bonds. The van der Waals surface area contributed by atoms with E-state index in [1.807, 2.05) is 31.2 Å². The summed E-state index contributed by atoms with van der Waals surface area (Å²) in [6, 6.07) is 16.4. The van der Waals surface area contributed by atoms with Gasteiger partial charge in [-0.25, -0.2) is 4.79 Å². The van der Waals surface area contributed by atoms with Gasteiger partial charge >= 0.3 is 12.1 Å². The molecule has 2 aromatic rings. The number of carboxylic acids is 1. The Labute approximate surface area is 205 Å². The fourth-order valence-electron chi connectivity index (χ4n) is 4.81. The Bertz CT molecular complexity index is 1030. The van der Waals surface area contributed by atoms with Crippen LogP contribution in [0, 0.1) is 11.8 Å². The molecule has 2 aliphatic rings. The van der Waals surface area contributed by atoms with Crippen LogP contribution >= 0.6 is 0 Å². The maximum atomic E-state index is 12.3. The number of carbonyl (C=O) groups excluding carboxylic acids is 2. The summed E-state index contributed by atoms with van der Waals surface area (Å²) in [7, 11) is 0. The van der Waals surface area contributed by atoms with Gasteiger partial charge in [0.1, 0.15) is 6.61 Å². The van der Waals surface area contributed by atoms with E-state index in [0.717, 1.165) is 0 Å². The van der Waals surface area contributed by atoms with E-state index in [-0.39, 0.29) is 37.1 Å². The number of benzene rings is 2. The van der Waals surface area contributed by atoms with Crippen molar-refractivity contribution in [1.82, 2.24) is 10.6 Å². The molecule has 0 bridgehead atoms. The molecule has 1 heterocycles. The number of rotatable bonds is 10. The van der Waals surface area contributed by atoms with Crippen LogP contribution in [0.2, 0.25) is 0 Å². The summed E-state index contributed by atoms with van der Waals surface area (Å²) in [6.45, 7) is 3.13. The lowest BCUT2D eigenvalue weighted by Crippen LogP contribution is -2.33. The highest BCUT2D eigenvalue weighted by atomic mass is 16.5. The third kappa shape index (κ3) is 6.19. The van der Waals surface area contributed by atoms with E-state index >= 15 is 0 Å². The first-order chi connectivity index (χ1) is 16.9. The Morgan fingerprint density at radius 3 is 2.34 bits per heavy atom. The molecule has 0 saturated carbocycles. The zero-order valence-corrected chi connectivity index (χ0v) is 19.9. The van der Waals surface area contributed by atoms with Crippen molar-refractivity contribution in [1.29, 1.82) is 0 Å². The zero-order chi connectivity index (χ0) is 24.8. The van der Waals surface area contributed by atoms with Crippen LogP contribution in [0.15, 0.2) is 48.5 Å². The number of carbonyl (C=O) groups is 3. The van der Waals surface area contributed by atoms with Crippen molar-refractivity contribution in [2.75, 3.05) is 26.3 Å². The summed E-state index contributed by atoms with van der Waals surface area (Å²) in [5.74, 6) is -1.39. The molecule has 186 valence electrons. The second kappa shape index (κ2) is 11.4. The van der Waals surface area contributed by atoms with Crippen LogP contribution in [0.3, 0.4) is 0 Å². The van der Waals surface area contributed by atoms with Gasteiger partial charge in [0.25, 0.3) is 0 Å². The van der Waals surface area contributed by atoms with Gasteiger partial charge in [0.2, 0.25) is 5.91 Å². The first-order valence-corrected chi connectivity index (χ1v) is 12.1. The number of fused-ring (bicyclic) bond motifs is 3. The highest BCUT2D eigenvalue weighted by Crippen LogP contribution is 2.44. The van der Waals surface area contributed by atoms with Crippen molar-refractivity contribution in [3.05, 3.63) is 59.7 Å². The summed E-state index contributed by atoms with van der Waals surface area (Å²) >= 11 is 0. The molecule has 8 nitrogen and oxygen atoms in total. The second-order valence-electron chi connectivity index (χ2n) is 9.38. The van der Waals surface area contributed by atoms with E-state index in [0.29, 0.717) is 32.4 Å². The maximum absolute atomic E-state index is 12.3. The third-order valence-corrected chi connectivity index (χ3v) is 6.74. The van der Waals surface area contributed by atoms with Crippen molar-refractivity contribution in [2.45, 2.75) is 38.2 Å². The Hall–Kier alpha value is -3.39. The smallest absolute Gasteiger partial charge is 0.407 e. The van der Waals surface area contributed by atoms with Gasteiger partial charge in [-0.3, -0.25) is 9.59 Å². The molecule has 35 heavy (non-hydrogen) atoms. The van der Waals surface area contributed by atoms with Crippen LogP contribution in [-0.2, 0) is 19.1 Å². The molecule has 2 aromatic carbocycles. The molecule has 0 radical (unpaired) electrons. The fourth-order valence-corrected chi connectivity index (χ4v) is 4.81. The number of hydrogen-bond donors (Lipinski definition) is 3. The van der Waals surface area contributed by atoms with Crippen LogP contribution in [-0.4, -0.2) is 55.5 Å². The average Bonchev–Trinajstić information content (AvgIpc) is 3.45. The molecule has 3 atom stereocenters. The zero-order valence-electron chi connectivity index (χ0n) is 19.9. The first-order valence-electron chi connectivity index (χ1n) is 12.1. The molecular formula is C27H32N2O6. The molecule has 1 aliphatic heterocycles. The van der Waals surface area contributed by atoms with Gasteiger partial charge < -0.3 is 25.2 Å². The summed E-state index contributed by atoms with van der Waals surface area (Å²) in [5.41, 5.74) is 4.71. The number of aliphatic carboxylic acids is 1. The Morgan fingerprint density at radius 2 is 1.71 bits per heavy atom. The minimum Gasteiger partial charge on any atom is -0.481 e. The number of hydrogen-bond acceptors (Lipinski definition) is 5. The number of ether oxygens (including phenoxy) is 2. The predicted octanol–water partition coefficient (Wildman–Crippen LogP) is 3.55. The van der Waals surface area contributed by atoms with Crippen molar-refractivity contribution in [2.24, 2.45) is 11.8 Å². The average molecular weight is 481 g/mol. The number of nitrogens with one attached hydrogen (secondary N) is 2. The van der Waals surface area contributed by atoms with Crippen molar-refractivity contribution < 1.29 is 29.0 Å². The van der Waals surface area contributed by atoms with Gasteiger partial charge in [0, 0.05) is 25.4 Å². The highest BCUT2D eigenvalue weighted by molar-refractivity contribution is 5.79. The minimum atomic E-state index is -0.864. The highest BCUT2D eigenvalue weighted by Gasteiger charge is 2.31. The molecule has 1 aliphatic carbocycles. The first kappa shape index (κ1) is 24.7. The van der Waals surface area contributed by atoms with Gasteiger partial charge in [-0.2, -0.15) is 0 Å². The van der Waals surface area contributed by atoms with Crippen LogP contribution < -0.4 is 10.6 Å². The third-order valence-electron chi connectivity index (χ3n) is 6.74. The largest absolute Gasteiger partial charge is 0.481 e. The van der Waals surface area contributed by atoms with Crippen molar-refractivity contribution in [3.8, 4) is 11.1 Å². The monoisotopic (exact) mass is 480 g/mol. The number of carboxylic acid groups (broad SMARTS) is 1. The van der Waals surface area contributed by atoms with Crippen LogP contribution in [0.25, 0.3) is 11.1 Å². The van der Waals surface area contributed by atoms with Crippen LogP contribution in [0.5, 0.6) is 0 Å². The normalized spacial score (nSPS) is 19.5. The molecule has 1 unspecified atom stereocenters. The summed E-state index contributed by atoms with van der Waals surface area (Å²) in [4.78, 5) is 35.4. The van der Waals surface area contributed by atoms with E-state index in [2.05, 4.69) is 34.9 Å². The lowest BCUT2D eigenvalue weighted by atomic mass is 9.98. The van der Waals surface area contributed by atoms with Crippen LogP contribution in [0.1, 0.15) is 43.2 Å². The lowest BCUT2D eigenvalue weighted by Gasteiger charge is -2.16. The van der Waals surface area contributed by atoms with Crippen LogP contribution in [0.4, 0.5) is 4.79 Å². The topological polar surface area (TPSA) is 114 Å². The van der Waals surface area contributed by atoms with E-state index in [1.54, 1.807) is 0 Å². The van der Waals surface area contributed by atoms with Gasteiger partial charge in [0.15, 0.2) is 0 Å². The molecule has 1 saturated heterocycles. The Kier molecular flexibility index (Phi) is 8.02. The lowest BCUT2D eigenvalue weighted by molar-refractivity contribution is -0.141. The minimum absolute atomic E-state index is 0.0189. The maximum Gasteiger partial charge on any atom is 0.407 e. The summed E-state index contributed by atoms with van der Waals surface area (Å²) < 4.78 is 11.0. The van der Waals surface area contributed by atoms with E-state index in [1.165, 1.54) is 22.3 Å². The van der Waals surface area contributed by atoms with Gasteiger partial charge in [-0.05, 0) is 41.0 Å². The Morgan fingerprint density at radius 1 is 1.06 bits per heavy atom. The van der Waals surface area contributed by atoms with Gasteiger partial charge in [-0.1, -0.05) is 55.5 Å².